The van der Waals surface area contributed by atoms with Gasteiger partial charge in [0.15, 0.2) is 0 Å². The molecule has 2 aliphatic heterocycles. The summed E-state index contributed by atoms with van der Waals surface area (Å²) in [5.74, 6) is -0.652. The number of halogens is 1. The molecule has 35 heavy (non-hydrogen) atoms. The van der Waals surface area contributed by atoms with E-state index in [1.807, 2.05) is 4.90 Å². The van der Waals surface area contributed by atoms with E-state index in [0.29, 0.717) is 52.1 Å². The predicted molar refractivity (Wildman–Crippen MR) is 129 cm³/mol. The monoisotopic (exact) mass is 514 g/mol. The van der Waals surface area contributed by atoms with E-state index in [9.17, 15) is 22.4 Å². The number of amides is 1. The van der Waals surface area contributed by atoms with Crippen LogP contribution in [0.25, 0.3) is 0 Å². The number of nitrogens with zero attached hydrogens (tertiary/aromatic N) is 3. The second kappa shape index (κ2) is 11.5. The number of hydrogen-bond donors (Lipinski definition) is 1. The van der Waals surface area contributed by atoms with Crippen molar-refractivity contribution in [2.24, 2.45) is 5.92 Å². The van der Waals surface area contributed by atoms with Crippen molar-refractivity contribution in [2.45, 2.75) is 45.3 Å². The van der Waals surface area contributed by atoms with Crippen LogP contribution < -0.4 is 10.4 Å². The number of anilines is 1. The molecule has 2 fully saturated rings. The molecular formula is C23H35FN4O6S. The zero-order valence-electron chi connectivity index (χ0n) is 20.5. The van der Waals surface area contributed by atoms with Crippen LogP contribution >= 0.6 is 0 Å². The van der Waals surface area contributed by atoms with Crippen LogP contribution in [0.4, 0.5) is 14.9 Å². The number of ether oxygens (including phenoxy) is 1. The lowest BCUT2D eigenvalue weighted by Gasteiger charge is -2.38. The molecule has 196 valence electrons. The molecule has 2 aliphatic rings. The summed E-state index contributed by atoms with van der Waals surface area (Å²) >= 11 is 0. The maximum absolute atomic E-state index is 13.2. The fourth-order valence-electron chi connectivity index (χ4n) is 4.40. The standard InChI is InChI=1S/C23H35FN4O6S/c1-23(2,3)34-22(30)27-10-8-18(9-11-27)21(25-33-17-29)16-35(31,32)28-14-12-26(13-15-28)20-6-4-19(24)5-7-20/h4-7,17-18,21,25H,8-16H2,1-3H3. The minimum absolute atomic E-state index is 0.107. The van der Waals surface area contributed by atoms with Gasteiger partial charge in [0.05, 0.1) is 11.8 Å². The van der Waals surface area contributed by atoms with Crippen LogP contribution in [0.5, 0.6) is 0 Å². The molecule has 1 aromatic rings. The van der Waals surface area contributed by atoms with Crippen LogP contribution in [0, 0.1) is 11.7 Å². The Morgan fingerprint density at radius 2 is 1.71 bits per heavy atom. The number of carbonyl (C=O) groups is 2. The molecule has 1 atom stereocenters. The minimum atomic E-state index is -3.65. The Bertz CT molecular complexity index is 953. The van der Waals surface area contributed by atoms with Gasteiger partial charge in [0.25, 0.3) is 0 Å². The fourth-order valence-corrected chi connectivity index (χ4v) is 6.13. The van der Waals surface area contributed by atoms with Gasteiger partial charge in [-0.25, -0.2) is 17.6 Å². The summed E-state index contributed by atoms with van der Waals surface area (Å²) in [6, 6.07) is 5.52. The van der Waals surface area contributed by atoms with Crippen molar-refractivity contribution in [3.63, 3.8) is 0 Å². The van der Waals surface area contributed by atoms with E-state index < -0.39 is 27.8 Å². The molecule has 2 saturated heterocycles. The van der Waals surface area contributed by atoms with Crippen molar-refractivity contribution >= 4 is 28.3 Å². The Kier molecular flexibility index (Phi) is 8.94. The number of nitrogens with one attached hydrogen (secondary N) is 1. The van der Waals surface area contributed by atoms with Crippen LogP contribution in [-0.4, -0.2) is 86.9 Å². The smallest absolute Gasteiger partial charge is 0.410 e. The van der Waals surface area contributed by atoms with Gasteiger partial charge >= 0.3 is 12.6 Å². The number of rotatable bonds is 8. The zero-order valence-corrected chi connectivity index (χ0v) is 21.3. The third-order valence-electron chi connectivity index (χ3n) is 6.24. The van der Waals surface area contributed by atoms with Gasteiger partial charge in [0.2, 0.25) is 10.0 Å². The van der Waals surface area contributed by atoms with Gasteiger partial charge in [0, 0.05) is 45.0 Å². The summed E-state index contributed by atoms with van der Waals surface area (Å²) in [7, 11) is -3.65. The highest BCUT2D eigenvalue weighted by molar-refractivity contribution is 7.89. The van der Waals surface area contributed by atoms with Crippen molar-refractivity contribution < 1.29 is 32.0 Å². The van der Waals surface area contributed by atoms with Crippen LogP contribution in [-0.2, 0) is 24.4 Å². The maximum atomic E-state index is 13.2. The molecule has 0 radical (unpaired) electrons. The van der Waals surface area contributed by atoms with Crippen LogP contribution in [0.2, 0.25) is 0 Å². The summed E-state index contributed by atoms with van der Waals surface area (Å²) in [5.41, 5.74) is 2.86. The van der Waals surface area contributed by atoms with Gasteiger partial charge in [-0.3, -0.25) is 4.79 Å². The van der Waals surface area contributed by atoms with Crippen LogP contribution in [0.1, 0.15) is 33.6 Å². The number of piperidine rings is 1. The Hall–Kier alpha value is -2.44. The highest BCUT2D eigenvalue weighted by atomic mass is 32.2. The van der Waals surface area contributed by atoms with E-state index in [4.69, 9.17) is 9.57 Å². The van der Waals surface area contributed by atoms with E-state index in [1.54, 1.807) is 37.8 Å². The Morgan fingerprint density at radius 1 is 1.11 bits per heavy atom. The first kappa shape index (κ1) is 27.2. The molecular weight excluding hydrogens is 479 g/mol. The average molecular weight is 515 g/mol. The lowest BCUT2D eigenvalue weighted by Crippen LogP contribution is -2.53. The lowest BCUT2D eigenvalue weighted by molar-refractivity contribution is -0.137. The summed E-state index contributed by atoms with van der Waals surface area (Å²) in [4.78, 5) is 31.5. The molecule has 0 spiro atoms. The van der Waals surface area contributed by atoms with Crippen LogP contribution in [0.15, 0.2) is 24.3 Å². The average Bonchev–Trinajstić information content (AvgIpc) is 2.81. The second-order valence-electron chi connectivity index (χ2n) is 9.88. The Labute approximate surface area is 206 Å². The first-order chi connectivity index (χ1) is 16.5. The molecule has 1 unspecified atom stereocenters. The number of hydrogen-bond acceptors (Lipinski definition) is 8. The van der Waals surface area contributed by atoms with Gasteiger partial charge in [-0.15, -0.1) is 5.48 Å². The number of piperazine rings is 1. The van der Waals surface area contributed by atoms with Crippen molar-refractivity contribution in [3.05, 3.63) is 30.1 Å². The molecule has 1 N–H and O–H groups in total. The van der Waals surface area contributed by atoms with Crippen molar-refractivity contribution in [2.75, 3.05) is 49.9 Å². The molecule has 3 rings (SSSR count). The lowest BCUT2D eigenvalue weighted by atomic mass is 9.91. The summed E-state index contributed by atoms with van der Waals surface area (Å²) in [6.45, 7) is 8.08. The largest absolute Gasteiger partial charge is 0.444 e. The Balaban J connectivity index is 1.57. The number of carbonyl (C=O) groups excluding carboxylic acids is 2. The van der Waals surface area contributed by atoms with Gasteiger partial charge in [0.1, 0.15) is 11.4 Å². The second-order valence-corrected chi connectivity index (χ2v) is 11.9. The van der Waals surface area contributed by atoms with E-state index in [-0.39, 0.29) is 24.0 Å². The van der Waals surface area contributed by atoms with E-state index in [0.717, 1.165) is 5.69 Å². The van der Waals surface area contributed by atoms with E-state index in [1.165, 1.54) is 16.4 Å². The van der Waals surface area contributed by atoms with Gasteiger partial charge in [-0.2, -0.15) is 4.31 Å². The number of likely N-dealkylation sites (tertiary alicyclic amines) is 1. The zero-order chi connectivity index (χ0) is 25.6. The molecule has 12 heteroatoms. The normalized spacial score (nSPS) is 19.3. The van der Waals surface area contributed by atoms with E-state index in [2.05, 4.69) is 5.48 Å². The van der Waals surface area contributed by atoms with Gasteiger partial charge in [-0.1, -0.05) is 0 Å². The van der Waals surface area contributed by atoms with Crippen molar-refractivity contribution in [1.82, 2.24) is 14.7 Å². The van der Waals surface area contributed by atoms with Gasteiger partial charge in [-0.05, 0) is 63.8 Å². The highest BCUT2D eigenvalue weighted by Gasteiger charge is 2.36. The topological polar surface area (TPSA) is 108 Å². The summed E-state index contributed by atoms with van der Waals surface area (Å²) < 4.78 is 46.5. The molecule has 0 aliphatic carbocycles. The summed E-state index contributed by atoms with van der Waals surface area (Å²) in [5, 5.41) is 0. The quantitative estimate of drug-likeness (QED) is 0.414. The molecule has 2 heterocycles. The number of hydroxylamine groups is 1. The van der Waals surface area contributed by atoms with Crippen molar-refractivity contribution in [3.8, 4) is 0 Å². The van der Waals surface area contributed by atoms with Crippen molar-refractivity contribution in [1.29, 1.82) is 0 Å². The molecule has 10 nitrogen and oxygen atoms in total. The summed E-state index contributed by atoms with van der Waals surface area (Å²) in [6.07, 6.45) is 0.705. The predicted octanol–water partition coefficient (Wildman–Crippen LogP) is 1.97. The Morgan fingerprint density at radius 3 is 2.26 bits per heavy atom. The third-order valence-corrected chi connectivity index (χ3v) is 8.17. The third kappa shape index (κ3) is 7.77. The number of sulfonamides is 1. The molecule has 0 aromatic heterocycles. The molecule has 0 saturated carbocycles. The molecule has 0 bridgehead atoms. The SMILES string of the molecule is CC(C)(C)OC(=O)N1CCC(C(CS(=O)(=O)N2CCN(c3ccc(F)cc3)CC2)NOC=O)CC1. The minimum Gasteiger partial charge on any atom is -0.444 e. The molecule has 1 amide bonds. The van der Waals surface area contributed by atoms with Gasteiger partial charge < -0.3 is 19.4 Å². The first-order valence-electron chi connectivity index (χ1n) is 11.8. The molecule has 1 aromatic carbocycles. The van der Waals surface area contributed by atoms with Crippen LogP contribution in [0.3, 0.4) is 0 Å². The number of benzene rings is 1. The fraction of sp³-hybridized carbons (Fsp3) is 0.652. The maximum Gasteiger partial charge on any atom is 0.410 e. The highest BCUT2D eigenvalue weighted by Crippen LogP contribution is 2.25. The van der Waals surface area contributed by atoms with E-state index >= 15 is 0 Å². The first-order valence-corrected chi connectivity index (χ1v) is 13.4.